The van der Waals surface area contributed by atoms with E-state index in [1.54, 1.807) is 12.3 Å². The van der Waals surface area contributed by atoms with Crippen LogP contribution in [0.4, 0.5) is 4.79 Å². The molecule has 0 saturated carbocycles. The first-order valence-electron chi connectivity index (χ1n) is 5.51. The Morgan fingerprint density at radius 2 is 2.18 bits per heavy atom. The highest BCUT2D eigenvalue weighted by molar-refractivity contribution is 5.73. The van der Waals surface area contributed by atoms with E-state index in [4.69, 9.17) is 10.5 Å². The molecule has 1 spiro atoms. The summed E-state index contributed by atoms with van der Waals surface area (Å²) in [6.45, 7) is 4.96. The normalized spacial score (nSPS) is 23.6. The second-order valence-corrected chi connectivity index (χ2v) is 4.08. The molecule has 0 aliphatic carbocycles. The molecule has 6 nitrogen and oxygen atoms in total. The summed E-state index contributed by atoms with van der Waals surface area (Å²) < 4.78 is 5.45. The third-order valence-corrected chi connectivity index (χ3v) is 3.06. The van der Waals surface area contributed by atoms with Crippen LogP contribution >= 0.6 is 0 Å². The van der Waals surface area contributed by atoms with Crippen molar-refractivity contribution < 1.29 is 9.53 Å². The lowest BCUT2D eigenvalue weighted by molar-refractivity contribution is 0.0115. The second-order valence-electron chi connectivity index (χ2n) is 4.08. The van der Waals surface area contributed by atoms with Gasteiger partial charge >= 0.3 is 6.09 Å². The summed E-state index contributed by atoms with van der Waals surface area (Å²) in [5.74, 6) is 0.336. The van der Waals surface area contributed by atoms with Crippen LogP contribution in [0.3, 0.4) is 0 Å². The molecule has 2 heterocycles. The van der Waals surface area contributed by atoms with E-state index < -0.39 is 11.7 Å². The number of alkyl carbamates (subject to hydrolysis) is 1. The minimum absolute atomic E-state index is 0.336. The van der Waals surface area contributed by atoms with Gasteiger partial charge in [0.05, 0.1) is 0 Å². The maximum atomic E-state index is 11.4. The molecule has 0 bridgehead atoms. The molecule has 6 heteroatoms. The van der Waals surface area contributed by atoms with Gasteiger partial charge in [-0.2, -0.15) is 0 Å². The molecule has 0 unspecified atom stereocenters. The number of rotatable bonds is 2. The summed E-state index contributed by atoms with van der Waals surface area (Å²) in [7, 11) is 0. The highest BCUT2D eigenvalue weighted by atomic mass is 16.6. The van der Waals surface area contributed by atoms with Crippen LogP contribution in [-0.4, -0.2) is 31.5 Å². The molecule has 2 aliphatic rings. The first kappa shape index (κ1) is 11.7. The minimum atomic E-state index is -0.626. The van der Waals surface area contributed by atoms with Gasteiger partial charge in [-0.1, -0.05) is 0 Å². The van der Waals surface area contributed by atoms with Crippen molar-refractivity contribution in [3.8, 4) is 0 Å². The Hall–Kier alpha value is -1.82. The maximum absolute atomic E-state index is 11.4. The predicted octanol–water partition coefficient (Wildman–Crippen LogP) is 0.233. The van der Waals surface area contributed by atoms with Crippen molar-refractivity contribution >= 4 is 12.8 Å². The van der Waals surface area contributed by atoms with E-state index in [0.29, 0.717) is 18.7 Å². The highest BCUT2D eigenvalue weighted by Crippen LogP contribution is 2.35. The average Bonchev–Trinajstić information content (AvgIpc) is 2.29. The molecule has 0 aromatic carbocycles. The second kappa shape index (κ2) is 4.58. The molecule has 4 N–H and O–H groups in total. The molecule has 1 amide bonds. The monoisotopic (exact) mass is 236 g/mol. The van der Waals surface area contributed by atoms with Gasteiger partial charge in [-0.05, 0) is 25.9 Å². The van der Waals surface area contributed by atoms with Crippen LogP contribution in [0.2, 0.25) is 0 Å². The smallest absolute Gasteiger partial charge is 0.413 e. The number of carbonyl (C=O) groups is 1. The van der Waals surface area contributed by atoms with Crippen LogP contribution in [0.15, 0.2) is 28.7 Å². The summed E-state index contributed by atoms with van der Waals surface area (Å²) >= 11 is 0. The van der Waals surface area contributed by atoms with Crippen LogP contribution in [0.5, 0.6) is 0 Å². The van der Waals surface area contributed by atoms with E-state index in [0.717, 1.165) is 18.7 Å². The van der Waals surface area contributed by atoms with Crippen molar-refractivity contribution in [2.45, 2.75) is 18.4 Å². The Labute approximate surface area is 99.6 Å². The average molecular weight is 236 g/mol. The highest BCUT2D eigenvalue weighted by Gasteiger charge is 2.43. The van der Waals surface area contributed by atoms with Crippen LogP contribution in [0.1, 0.15) is 12.8 Å². The van der Waals surface area contributed by atoms with Crippen molar-refractivity contribution in [1.29, 1.82) is 0 Å². The van der Waals surface area contributed by atoms with E-state index in [2.05, 4.69) is 22.3 Å². The molecule has 2 rings (SSSR count). The summed E-state index contributed by atoms with van der Waals surface area (Å²) in [5.41, 5.74) is 5.99. The first-order chi connectivity index (χ1) is 8.18. The number of hydrogen-bond donors (Lipinski definition) is 3. The number of hydrogen-bond acceptors (Lipinski definition) is 5. The number of carbonyl (C=O) groups excluding carboxylic acids is 1. The van der Waals surface area contributed by atoms with Crippen molar-refractivity contribution in [1.82, 2.24) is 10.6 Å². The van der Waals surface area contributed by atoms with E-state index >= 15 is 0 Å². The van der Waals surface area contributed by atoms with Gasteiger partial charge in [0.2, 0.25) is 0 Å². The summed E-state index contributed by atoms with van der Waals surface area (Å²) in [6.07, 6.45) is 4.21. The van der Waals surface area contributed by atoms with E-state index in [1.807, 2.05) is 0 Å². The lowest BCUT2D eigenvalue weighted by atomic mass is 9.83. The van der Waals surface area contributed by atoms with Gasteiger partial charge in [-0.3, -0.25) is 10.3 Å². The number of aliphatic imine (C=N–C) groups is 1. The van der Waals surface area contributed by atoms with Gasteiger partial charge in [0.25, 0.3) is 0 Å². The van der Waals surface area contributed by atoms with Crippen LogP contribution < -0.4 is 16.4 Å². The zero-order valence-electron chi connectivity index (χ0n) is 9.53. The van der Waals surface area contributed by atoms with Crippen molar-refractivity contribution in [2.75, 3.05) is 13.1 Å². The van der Waals surface area contributed by atoms with Crippen LogP contribution in [-0.2, 0) is 4.74 Å². The summed E-state index contributed by atoms with van der Waals surface area (Å²) in [6, 6.07) is 0. The molecule has 1 saturated heterocycles. The van der Waals surface area contributed by atoms with Gasteiger partial charge in [0.15, 0.2) is 0 Å². The molecule has 0 radical (unpaired) electrons. The number of nitrogens with zero attached hydrogens (tertiary/aromatic N) is 1. The van der Waals surface area contributed by atoms with E-state index in [9.17, 15) is 4.79 Å². The number of nitrogens with one attached hydrogen (secondary N) is 2. The summed E-state index contributed by atoms with van der Waals surface area (Å²) in [5, 5.41) is 5.70. The molecule has 92 valence electrons. The lowest BCUT2D eigenvalue weighted by Gasteiger charge is -2.41. The van der Waals surface area contributed by atoms with E-state index in [-0.39, 0.29) is 0 Å². The van der Waals surface area contributed by atoms with Gasteiger partial charge in [-0.15, -0.1) is 0 Å². The fourth-order valence-corrected chi connectivity index (χ4v) is 2.25. The Morgan fingerprint density at radius 1 is 1.47 bits per heavy atom. The standard InChI is InChI=1S/C11H16N4O2/c1-13-5-2-8-9(12)15-10(16)17-11(8)3-6-14-7-4-11/h2,5,14H,1,3-4,6-7,12H2,(H,15,16)/b5-2-. The third kappa shape index (κ3) is 2.16. The lowest BCUT2D eigenvalue weighted by Crippen LogP contribution is -2.53. The Balaban J connectivity index is 2.38. The molecule has 1 fully saturated rings. The number of amides is 1. The van der Waals surface area contributed by atoms with Gasteiger partial charge < -0.3 is 15.8 Å². The van der Waals surface area contributed by atoms with Gasteiger partial charge in [0.1, 0.15) is 11.4 Å². The van der Waals surface area contributed by atoms with Crippen molar-refractivity contribution in [2.24, 2.45) is 10.7 Å². The Bertz CT molecular complexity index is 394. The topological polar surface area (TPSA) is 88.7 Å². The molecule has 0 aromatic heterocycles. The van der Waals surface area contributed by atoms with Crippen LogP contribution in [0.25, 0.3) is 0 Å². The van der Waals surface area contributed by atoms with Crippen molar-refractivity contribution in [3.63, 3.8) is 0 Å². The number of nitrogens with two attached hydrogens (primary N) is 1. The molecular weight excluding hydrogens is 220 g/mol. The molecule has 0 aromatic rings. The SMILES string of the molecule is C=N/C=C\C1=C(N)NC(=O)OC12CCNCC2. The van der Waals surface area contributed by atoms with Gasteiger partial charge in [-0.25, -0.2) is 4.79 Å². The molecule has 2 aliphatic heterocycles. The number of ether oxygens (including phenoxy) is 1. The molecule has 17 heavy (non-hydrogen) atoms. The predicted molar refractivity (Wildman–Crippen MR) is 64.4 cm³/mol. The quantitative estimate of drug-likeness (QED) is 0.599. The van der Waals surface area contributed by atoms with Crippen molar-refractivity contribution in [3.05, 3.63) is 23.7 Å². The maximum Gasteiger partial charge on any atom is 0.413 e. The minimum Gasteiger partial charge on any atom is -0.438 e. The fraction of sp³-hybridized carbons (Fsp3) is 0.455. The van der Waals surface area contributed by atoms with Gasteiger partial charge in [0, 0.05) is 24.6 Å². The molecular formula is C11H16N4O2. The van der Waals surface area contributed by atoms with Crippen LogP contribution in [0, 0.1) is 0 Å². The Kier molecular flexibility index (Phi) is 3.14. The number of piperidine rings is 1. The van der Waals surface area contributed by atoms with E-state index in [1.165, 1.54) is 0 Å². The molecule has 0 atom stereocenters. The zero-order chi connectivity index (χ0) is 12.3. The first-order valence-corrected chi connectivity index (χ1v) is 5.51. The third-order valence-electron chi connectivity index (χ3n) is 3.06. The fourth-order valence-electron chi connectivity index (χ4n) is 2.25. The zero-order valence-corrected chi connectivity index (χ0v) is 9.53. The largest absolute Gasteiger partial charge is 0.438 e. The Morgan fingerprint density at radius 3 is 2.82 bits per heavy atom. The summed E-state index contributed by atoms with van der Waals surface area (Å²) in [4.78, 5) is 15.1.